The van der Waals surface area contributed by atoms with Crippen LogP contribution < -0.4 is 10.1 Å². The van der Waals surface area contributed by atoms with Gasteiger partial charge in [-0.05, 0) is 43.0 Å². The Morgan fingerprint density at radius 2 is 2.11 bits per heavy atom. The highest BCUT2D eigenvalue weighted by molar-refractivity contribution is 5.77. The summed E-state index contributed by atoms with van der Waals surface area (Å²) in [6, 6.07) is 5.90. The molecule has 0 unspecified atom stereocenters. The van der Waals surface area contributed by atoms with E-state index in [2.05, 4.69) is 11.4 Å². The number of nitrogens with zero attached hydrogens (tertiary/aromatic N) is 1. The number of carbonyl (C=O) groups is 1. The van der Waals surface area contributed by atoms with Crippen LogP contribution in [0.1, 0.15) is 23.1 Å². The SMILES string of the molecule is COc1cc(C)c(CCNC(=O)CC#N)cc1C. The summed E-state index contributed by atoms with van der Waals surface area (Å²) in [6.45, 7) is 4.57. The lowest BCUT2D eigenvalue weighted by molar-refractivity contribution is -0.120. The van der Waals surface area contributed by atoms with Gasteiger partial charge in [-0.15, -0.1) is 0 Å². The zero-order chi connectivity index (χ0) is 13.5. The number of methoxy groups -OCH3 is 1. The Balaban J connectivity index is 2.61. The van der Waals surface area contributed by atoms with Crippen LogP contribution in [0.25, 0.3) is 0 Å². The Bertz CT molecular complexity index is 475. The number of hydrogen-bond acceptors (Lipinski definition) is 3. The first-order valence-electron chi connectivity index (χ1n) is 5.86. The Labute approximate surface area is 108 Å². The van der Waals surface area contributed by atoms with Crippen molar-refractivity contribution in [3.05, 3.63) is 28.8 Å². The van der Waals surface area contributed by atoms with Crippen molar-refractivity contribution >= 4 is 5.91 Å². The lowest BCUT2D eigenvalue weighted by Crippen LogP contribution is -2.25. The first-order valence-corrected chi connectivity index (χ1v) is 5.86. The maximum Gasteiger partial charge on any atom is 0.234 e. The van der Waals surface area contributed by atoms with Gasteiger partial charge in [-0.25, -0.2) is 0 Å². The van der Waals surface area contributed by atoms with Crippen molar-refractivity contribution in [3.8, 4) is 11.8 Å². The molecule has 0 fully saturated rings. The molecule has 0 spiro atoms. The molecule has 1 aromatic carbocycles. The number of hydrogen-bond donors (Lipinski definition) is 1. The summed E-state index contributed by atoms with van der Waals surface area (Å²) in [4.78, 5) is 11.1. The maximum atomic E-state index is 11.1. The topological polar surface area (TPSA) is 62.1 Å². The van der Waals surface area contributed by atoms with Crippen molar-refractivity contribution in [2.75, 3.05) is 13.7 Å². The van der Waals surface area contributed by atoms with E-state index in [1.54, 1.807) is 7.11 Å². The standard InChI is InChI=1S/C14H18N2O2/c1-10-9-13(18-3)11(2)8-12(10)5-7-16-14(17)4-6-15/h8-9H,4-5,7H2,1-3H3,(H,16,17). The van der Waals surface area contributed by atoms with Crippen molar-refractivity contribution in [2.45, 2.75) is 26.7 Å². The second kappa shape index (κ2) is 6.65. The van der Waals surface area contributed by atoms with Gasteiger partial charge in [0.25, 0.3) is 0 Å². The molecule has 0 aliphatic rings. The van der Waals surface area contributed by atoms with Crippen molar-refractivity contribution < 1.29 is 9.53 Å². The normalized spacial score (nSPS) is 9.67. The van der Waals surface area contributed by atoms with E-state index in [9.17, 15) is 4.79 Å². The molecule has 1 N–H and O–H groups in total. The third-order valence-corrected chi connectivity index (χ3v) is 2.81. The molecular formula is C14H18N2O2. The molecule has 1 amide bonds. The molecule has 1 rings (SSSR count). The second-order valence-electron chi connectivity index (χ2n) is 4.18. The fourth-order valence-electron chi connectivity index (χ4n) is 1.81. The highest BCUT2D eigenvalue weighted by atomic mass is 16.5. The summed E-state index contributed by atoms with van der Waals surface area (Å²) in [5, 5.41) is 11.1. The van der Waals surface area contributed by atoms with E-state index in [0.717, 1.165) is 23.3 Å². The van der Waals surface area contributed by atoms with Gasteiger partial charge in [0.2, 0.25) is 5.91 Å². The van der Waals surface area contributed by atoms with Crippen LogP contribution in [0, 0.1) is 25.2 Å². The van der Waals surface area contributed by atoms with E-state index in [4.69, 9.17) is 10.00 Å². The quantitative estimate of drug-likeness (QED) is 0.863. The summed E-state index contributed by atoms with van der Waals surface area (Å²) in [6.07, 6.45) is 0.675. The minimum Gasteiger partial charge on any atom is -0.496 e. The summed E-state index contributed by atoms with van der Waals surface area (Å²) in [5.41, 5.74) is 3.42. The van der Waals surface area contributed by atoms with Gasteiger partial charge in [-0.3, -0.25) is 4.79 Å². The van der Waals surface area contributed by atoms with Crippen molar-refractivity contribution in [1.82, 2.24) is 5.32 Å². The number of rotatable bonds is 5. The maximum absolute atomic E-state index is 11.1. The van der Waals surface area contributed by atoms with E-state index in [1.807, 2.05) is 26.0 Å². The van der Waals surface area contributed by atoms with E-state index < -0.39 is 0 Å². The number of nitrogens with one attached hydrogen (secondary N) is 1. The molecule has 0 atom stereocenters. The molecule has 0 radical (unpaired) electrons. The van der Waals surface area contributed by atoms with E-state index in [1.165, 1.54) is 5.56 Å². The number of carbonyl (C=O) groups excluding carboxylic acids is 1. The predicted molar refractivity (Wildman–Crippen MR) is 69.4 cm³/mol. The molecule has 0 aliphatic carbocycles. The molecule has 0 aromatic heterocycles. The van der Waals surface area contributed by atoms with E-state index in [0.29, 0.717) is 6.54 Å². The molecule has 1 aromatic rings. The van der Waals surface area contributed by atoms with Gasteiger partial charge < -0.3 is 10.1 Å². The van der Waals surface area contributed by atoms with Crippen LogP contribution in [0.15, 0.2) is 12.1 Å². The monoisotopic (exact) mass is 246 g/mol. The fourth-order valence-corrected chi connectivity index (χ4v) is 1.81. The lowest BCUT2D eigenvalue weighted by atomic mass is 10.0. The average Bonchev–Trinajstić information content (AvgIpc) is 2.33. The summed E-state index contributed by atoms with van der Waals surface area (Å²) in [7, 11) is 1.66. The number of amides is 1. The highest BCUT2D eigenvalue weighted by Gasteiger charge is 2.05. The van der Waals surface area contributed by atoms with Gasteiger partial charge in [-0.1, -0.05) is 6.07 Å². The molecule has 4 heteroatoms. The summed E-state index contributed by atoms with van der Waals surface area (Å²) >= 11 is 0. The van der Waals surface area contributed by atoms with Crippen LogP contribution in [0.4, 0.5) is 0 Å². The lowest BCUT2D eigenvalue weighted by Gasteiger charge is -2.11. The molecule has 96 valence electrons. The molecule has 0 heterocycles. The van der Waals surface area contributed by atoms with Gasteiger partial charge in [0.05, 0.1) is 13.2 Å². The third-order valence-electron chi connectivity index (χ3n) is 2.81. The second-order valence-corrected chi connectivity index (χ2v) is 4.18. The fraction of sp³-hybridized carbons (Fsp3) is 0.429. The zero-order valence-corrected chi connectivity index (χ0v) is 11.0. The minimum atomic E-state index is -0.222. The minimum absolute atomic E-state index is 0.0827. The zero-order valence-electron chi connectivity index (χ0n) is 11.0. The Kier molecular flexibility index (Phi) is 5.19. The highest BCUT2D eigenvalue weighted by Crippen LogP contribution is 2.22. The Morgan fingerprint density at radius 3 is 2.72 bits per heavy atom. The van der Waals surface area contributed by atoms with Gasteiger partial charge >= 0.3 is 0 Å². The van der Waals surface area contributed by atoms with Crippen molar-refractivity contribution in [1.29, 1.82) is 5.26 Å². The Morgan fingerprint density at radius 1 is 1.39 bits per heavy atom. The van der Waals surface area contributed by atoms with Crippen LogP contribution in [0.2, 0.25) is 0 Å². The molecule has 4 nitrogen and oxygen atoms in total. The first kappa shape index (κ1) is 14.0. The van der Waals surface area contributed by atoms with Gasteiger partial charge in [0, 0.05) is 6.54 Å². The number of ether oxygens (including phenoxy) is 1. The Hall–Kier alpha value is -2.02. The molecule has 0 aliphatic heterocycles. The van der Waals surface area contributed by atoms with Crippen LogP contribution in [0.3, 0.4) is 0 Å². The molecule has 0 saturated carbocycles. The van der Waals surface area contributed by atoms with Crippen LogP contribution in [-0.4, -0.2) is 19.6 Å². The summed E-state index contributed by atoms with van der Waals surface area (Å²) in [5.74, 6) is 0.658. The van der Waals surface area contributed by atoms with Crippen LogP contribution >= 0.6 is 0 Å². The van der Waals surface area contributed by atoms with E-state index in [-0.39, 0.29) is 12.3 Å². The van der Waals surface area contributed by atoms with Crippen LogP contribution in [0.5, 0.6) is 5.75 Å². The first-order chi connectivity index (χ1) is 8.58. The molecule has 0 bridgehead atoms. The number of benzene rings is 1. The van der Waals surface area contributed by atoms with Crippen LogP contribution in [-0.2, 0) is 11.2 Å². The van der Waals surface area contributed by atoms with Gasteiger partial charge in [0.15, 0.2) is 0 Å². The third kappa shape index (κ3) is 3.77. The number of nitriles is 1. The molecule has 0 saturated heterocycles. The van der Waals surface area contributed by atoms with Gasteiger partial charge in [-0.2, -0.15) is 5.26 Å². The van der Waals surface area contributed by atoms with Crippen molar-refractivity contribution in [3.63, 3.8) is 0 Å². The summed E-state index contributed by atoms with van der Waals surface area (Å²) < 4.78 is 5.25. The predicted octanol–water partition coefficient (Wildman–Crippen LogP) is 1.88. The van der Waals surface area contributed by atoms with Crippen molar-refractivity contribution in [2.24, 2.45) is 0 Å². The van der Waals surface area contributed by atoms with Gasteiger partial charge in [0.1, 0.15) is 12.2 Å². The van der Waals surface area contributed by atoms with E-state index >= 15 is 0 Å². The number of aryl methyl sites for hydroxylation is 2. The smallest absolute Gasteiger partial charge is 0.234 e. The molecule has 18 heavy (non-hydrogen) atoms. The molecular weight excluding hydrogens is 228 g/mol. The largest absolute Gasteiger partial charge is 0.496 e. The average molecular weight is 246 g/mol.